The third-order valence-corrected chi connectivity index (χ3v) is 1.05. The Labute approximate surface area is 57.8 Å². The van der Waals surface area contributed by atoms with Gasteiger partial charge in [0.1, 0.15) is 0 Å². The van der Waals surface area contributed by atoms with Gasteiger partial charge in [0.05, 0.1) is 19.4 Å². The molecule has 1 aromatic rings. The first-order chi connectivity index (χ1) is 4.83. The van der Waals surface area contributed by atoms with Gasteiger partial charge in [0.2, 0.25) is 0 Å². The number of hydrogen-bond acceptors (Lipinski definition) is 3. The van der Waals surface area contributed by atoms with Crippen molar-refractivity contribution in [3.05, 3.63) is 6.20 Å². The first kappa shape index (κ1) is 6.98. The zero-order valence-electron chi connectivity index (χ0n) is 5.50. The van der Waals surface area contributed by atoms with Gasteiger partial charge >= 0.3 is 0 Å². The summed E-state index contributed by atoms with van der Waals surface area (Å²) in [6.45, 7) is 0.148. The van der Waals surface area contributed by atoms with E-state index in [0.717, 1.165) is 0 Å². The van der Waals surface area contributed by atoms with Gasteiger partial charge in [0.15, 0.2) is 5.82 Å². The van der Waals surface area contributed by atoms with E-state index in [2.05, 4.69) is 10.2 Å². The SMILES string of the molecule is Nc1cnn(CCCF)n1. The molecule has 0 spiro atoms. The zero-order valence-corrected chi connectivity index (χ0v) is 5.50. The van der Waals surface area contributed by atoms with Crippen LogP contribution < -0.4 is 5.73 Å². The van der Waals surface area contributed by atoms with E-state index in [1.54, 1.807) is 0 Å². The van der Waals surface area contributed by atoms with E-state index in [1.165, 1.54) is 11.0 Å². The van der Waals surface area contributed by atoms with Gasteiger partial charge in [-0.3, -0.25) is 4.39 Å². The zero-order chi connectivity index (χ0) is 7.40. The van der Waals surface area contributed by atoms with Gasteiger partial charge in [-0.05, 0) is 6.42 Å². The molecule has 0 atom stereocenters. The Hall–Kier alpha value is -1.13. The van der Waals surface area contributed by atoms with Gasteiger partial charge in [-0.25, -0.2) is 0 Å². The van der Waals surface area contributed by atoms with Crippen molar-refractivity contribution in [2.75, 3.05) is 12.4 Å². The number of alkyl halides is 1. The Bertz CT molecular complexity index is 197. The van der Waals surface area contributed by atoms with Crippen molar-refractivity contribution in [2.45, 2.75) is 13.0 Å². The minimum Gasteiger partial charge on any atom is -0.381 e. The molecule has 0 aliphatic heterocycles. The summed E-state index contributed by atoms with van der Waals surface area (Å²) in [5, 5.41) is 7.53. The van der Waals surface area contributed by atoms with E-state index in [1.807, 2.05) is 0 Å². The fourth-order valence-electron chi connectivity index (χ4n) is 0.620. The van der Waals surface area contributed by atoms with Gasteiger partial charge in [-0.1, -0.05) is 0 Å². The highest BCUT2D eigenvalue weighted by Gasteiger charge is 1.93. The monoisotopic (exact) mass is 144 g/mol. The summed E-state index contributed by atoms with van der Waals surface area (Å²) < 4.78 is 11.6. The molecule has 0 saturated carbocycles. The van der Waals surface area contributed by atoms with E-state index in [0.29, 0.717) is 18.8 Å². The lowest BCUT2D eigenvalue weighted by atomic mass is 10.5. The maximum absolute atomic E-state index is 11.6. The summed E-state index contributed by atoms with van der Waals surface area (Å²) in [5.41, 5.74) is 5.26. The summed E-state index contributed by atoms with van der Waals surface area (Å²) in [4.78, 5) is 1.38. The van der Waals surface area contributed by atoms with Crippen molar-refractivity contribution in [2.24, 2.45) is 0 Å². The van der Waals surface area contributed by atoms with Crippen molar-refractivity contribution >= 4 is 5.82 Å². The Kier molecular flexibility index (Phi) is 2.20. The molecule has 0 radical (unpaired) electrons. The van der Waals surface area contributed by atoms with Crippen molar-refractivity contribution in [1.82, 2.24) is 15.0 Å². The number of anilines is 1. The summed E-state index contributed by atoms with van der Waals surface area (Å²) in [6, 6.07) is 0. The number of halogens is 1. The molecular formula is C5H9FN4. The minimum absolute atomic E-state index is 0.346. The molecule has 4 nitrogen and oxygen atoms in total. The summed E-state index contributed by atoms with van der Waals surface area (Å²) in [6.07, 6.45) is 1.88. The lowest BCUT2D eigenvalue weighted by Crippen LogP contribution is -2.03. The largest absolute Gasteiger partial charge is 0.381 e. The molecule has 0 bridgehead atoms. The Balaban J connectivity index is 2.42. The molecule has 0 amide bonds. The highest BCUT2D eigenvalue weighted by molar-refractivity contribution is 5.19. The van der Waals surface area contributed by atoms with Crippen LogP contribution in [0.25, 0.3) is 0 Å². The van der Waals surface area contributed by atoms with Crippen LogP contribution in [0.1, 0.15) is 6.42 Å². The maximum atomic E-state index is 11.6. The quantitative estimate of drug-likeness (QED) is 0.660. The second kappa shape index (κ2) is 3.14. The van der Waals surface area contributed by atoms with Crippen LogP contribution in [0, 0.1) is 0 Å². The first-order valence-corrected chi connectivity index (χ1v) is 3.04. The summed E-state index contributed by atoms with van der Waals surface area (Å²) in [5.74, 6) is 0.374. The standard InChI is InChI=1S/C5H9FN4/c6-2-1-3-10-8-4-5(7)9-10/h4H,1-3H2,(H2,7,9). The van der Waals surface area contributed by atoms with Crippen molar-refractivity contribution in [1.29, 1.82) is 0 Å². The van der Waals surface area contributed by atoms with Crippen molar-refractivity contribution in [3.8, 4) is 0 Å². The van der Waals surface area contributed by atoms with Crippen molar-refractivity contribution < 1.29 is 4.39 Å². The average Bonchev–Trinajstić information content (AvgIpc) is 2.31. The topological polar surface area (TPSA) is 56.7 Å². The van der Waals surface area contributed by atoms with E-state index in [-0.39, 0.29) is 6.67 Å². The molecule has 0 unspecified atom stereocenters. The Morgan fingerprint density at radius 3 is 3.00 bits per heavy atom. The Morgan fingerprint density at radius 1 is 1.70 bits per heavy atom. The number of aromatic nitrogens is 3. The predicted octanol–water partition coefficient (Wildman–Crippen LogP) is 0.220. The molecule has 1 rings (SSSR count). The van der Waals surface area contributed by atoms with Crippen LogP contribution in [0.4, 0.5) is 10.2 Å². The van der Waals surface area contributed by atoms with Crippen LogP contribution in [0.5, 0.6) is 0 Å². The lowest BCUT2D eigenvalue weighted by Gasteiger charge is -1.93. The highest BCUT2D eigenvalue weighted by atomic mass is 19.1. The molecule has 0 aliphatic rings. The summed E-state index contributed by atoms with van der Waals surface area (Å²) >= 11 is 0. The van der Waals surface area contributed by atoms with Crippen LogP contribution in [0.3, 0.4) is 0 Å². The van der Waals surface area contributed by atoms with Crippen LogP contribution in [0.2, 0.25) is 0 Å². The second-order valence-electron chi connectivity index (χ2n) is 1.91. The number of nitrogens with two attached hydrogens (primary N) is 1. The van der Waals surface area contributed by atoms with E-state index < -0.39 is 0 Å². The van der Waals surface area contributed by atoms with Gasteiger partial charge < -0.3 is 5.73 Å². The first-order valence-electron chi connectivity index (χ1n) is 3.04. The molecule has 5 heteroatoms. The average molecular weight is 144 g/mol. The highest BCUT2D eigenvalue weighted by Crippen LogP contribution is 1.92. The third-order valence-electron chi connectivity index (χ3n) is 1.05. The van der Waals surface area contributed by atoms with Crippen molar-refractivity contribution in [3.63, 3.8) is 0 Å². The predicted molar refractivity (Wildman–Crippen MR) is 35.0 cm³/mol. The molecule has 2 N–H and O–H groups in total. The lowest BCUT2D eigenvalue weighted by molar-refractivity contribution is 0.416. The molecule has 0 fully saturated rings. The summed E-state index contributed by atoms with van der Waals surface area (Å²) in [7, 11) is 0. The smallest absolute Gasteiger partial charge is 0.165 e. The number of nitrogen functional groups attached to an aromatic ring is 1. The van der Waals surface area contributed by atoms with E-state index in [9.17, 15) is 4.39 Å². The van der Waals surface area contributed by atoms with Crippen LogP contribution in [0.15, 0.2) is 6.20 Å². The number of hydrogen-bond donors (Lipinski definition) is 1. The van der Waals surface area contributed by atoms with Crippen LogP contribution in [-0.2, 0) is 6.54 Å². The van der Waals surface area contributed by atoms with E-state index >= 15 is 0 Å². The fraction of sp³-hybridized carbons (Fsp3) is 0.600. The number of aryl methyl sites for hydroxylation is 1. The molecule has 1 aromatic heterocycles. The van der Waals surface area contributed by atoms with Gasteiger partial charge in [0, 0.05) is 0 Å². The second-order valence-corrected chi connectivity index (χ2v) is 1.91. The van der Waals surface area contributed by atoms with E-state index in [4.69, 9.17) is 5.73 Å². The van der Waals surface area contributed by atoms with Crippen LogP contribution in [-0.4, -0.2) is 21.7 Å². The van der Waals surface area contributed by atoms with Gasteiger partial charge in [-0.15, -0.1) is 5.10 Å². The number of rotatable bonds is 3. The molecule has 0 aliphatic carbocycles. The fourth-order valence-corrected chi connectivity index (χ4v) is 0.620. The molecular weight excluding hydrogens is 135 g/mol. The third kappa shape index (κ3) is 1.68. The molecule has 0 aromatic carbocycles. The van der Waals surface area contributed by atoms with Gasteiger partial charge in [0.25, 0.3) is 0 Å². The number of nitrogens with zero attached hydrogens (tertiary/aromatic N) is 3. The Morgan fingerprint density at radius 2 is 2.50 bits per heavy atom. The molecule has 10 heavy (non-hydrogen) atoms. The maximum Gasteiger partial charge on any atom is 0.165 e. The molecule has 0 saturated heterocycles. The minimum atomic E-state index is -0.346. The normalized spacial score (nSPS) is 10.1. The van der Waals surface area contributed by atoms with Crippen LogP contribution >= 0.6 is 0 Å². The molecule has 56 valence electrons. The van der Waals surface area contributed by atoms with Gasteiger partial charge in [-0.2, -0.15) is 9.90 Å². The molecule has 1 heterocycles.